The van der Waals surface area contributed by atoms with Crippen LogP contribution < -0.4 is 5.32 Å². The highest BCUT2D eigenvalue weighted by molar-refractivity contribution is 5.87. The monoisotopic (exact) mass is 365 g/mol. The van der Waals surface area contributed by atoms with Crippen LogP contribution >= 0.6 is 0 Å². The van der Waals surface area contributed by atoms with Crippen LogP contribution in [0.15, 0.2) is 48.7 Å². The molecule has 2 atom stereocenters. The summed E-state index contributed by atoms with van der Waals surface area (Å²) in [6.07, 6.45) is 3.43. The molecule has 0 spiro atoms. The van der Waals surface area contributed by atoms with E-state index in [1.807, 2.05) is 42.6 Å². The van der Waals surface area contributed by atoms with Gasteiger partial charge in [0.1, 0.15) is 6.04 Å². The molecule has 0 radical (unpaired) electrons. The predicted molar refractivity (Wildman–Crippen MR) is 105 cm³/mol. The molecule has 3 rings (SSSR count). The second-order valence-corrected chi connectivity index (χ2v) is 7.39. The topological polar surface area (TPSA) is 62.3 Å². The molecule has 2 unspecified atom stereocenters. The first-order valence-electron chi connectivity index (χ1n) is 9.55. The molecule has 27 heavy (non-hydrogen) atoms. The quantitative estimate of drug-likeness (QED) is 0.883. The average Bonchev–Trinajstić information content (AvgIpc) is 3.17. The number of benzene rings is 1. The highest BCUT2D eigenvalue weighted by Crippen LogP contribution is 2.24. The van der Waals surface area contributed by atoms with Crippen molar-refractivity contribution in [2.45, 2.75) is 51.6 Å². The molecule has 1 fully saturated rings. The van der Waals surface area contributed by atoms with Crippen LogP contribution in [0.2, 0.25) is 0 Å². The second-order valence-electron chi connectivity index (χ2n) is 7.39. The number of pyridine rings is 1. The van der Waals surface area contributed by atoms with Crippen molar-refractivity contribution in [1.82, 2.24) is 15.2 Å². The van der Waals surface area contributed by atoms with Crippen molar-refractivity contribution in [3.8, 4) is 0 Å². The van der Waals surface area contributed by atoms with E-state index in [-0.39, 0.29) is 17.9 Å². The zero-order chi connectivity index (χ0) is 19.4. The SMILES string of the molecule is CC(=O)N1CCCC1C(=O)NC(c1ccccc1)c1ccc(C(C)C)cn1. The Bertz CT molecular complexity index is 787. The summed E-state index contributed by atoms with van der Waals surface area (Å²) in [5.41, 5.74) is 2.93. The van der Waals surface area contributed by atoms with Crippen molar-refractivity contribution in [2.75, 3.05) is 6.54 Å². The lowest BCUT2D eigenvalue weighted by atomic mass is 10.00. The molecule has 0 bridgehead atoms. The Kier molecular flexibility index (Phi) is 5.89. The second kappa shape index (κ2) is 8.33. The molecule has 1 aromatic carbocycles. The molecule has 5 heteroatoms. The molecular formula is C22H27N3O2. The minimum atomic E-state index is -0.399. The van der Waals surface area contributed by atoms with Crippen molar-refractivity contribution in [3.63, 3.8) is 0 Å². The van der Waals surface area contributed by atoms with Crippen LogP contribution in [0.5, 0.6) is 0 Å². The molecule has 0 aliphatic carbocycles. The fourth-order valence-electron chi connectivity index (χ4n) is 3.56. The van der Waals surface area contributed by atoms with Gasteiger partial charge in [0.25, 0.3) is 0 Å². The van der Waals surface area contributed by atoms with Crippen LogP contribution in [0.25, 0.3) is 0 Å². The number of nitrogens with zero attached hydrogens (tertiary/aromatic N) is 2. The van der Waals surface area contributed by atoms with E-state index in [2.05, 4.69) is 30.2 Å². The van der Waals surface area contributed by atoms with E-state index in [0.717, 1.165) is 23.2 Å². The lowest BCUT2D eigenvalue weighted by molar-refractivity contribution is -0.137. The Hall–Kier alpha value is -2.69. The summed E-state index contributed by atoms with van der Waals surface area (Å²) >= 11 is 0. The van der Waals surface area contributed by atoms with E-state index in [1.54, 1.807) is 4.90 Å². The van der Waals surface area contributed by atoms with Gasteiger partial charge >= 0.3 is 0 Å². The summed E-state index contributed by atoms with van der Waals surface area (Å²) in [5.74, 6) is 0.230. The number of carbonyl (C=O) groups is 2. The van der Waals surface area contributed by atoms with E-state index >= 15 is 0 Å². The first-order valence-corrected chi connectivity index (χ1v) is 9.55. The van der Waals surface area contributed by atoms with Crippen LogP contribution in [-0.4, -0.2) is 34.3 Å². The van der Waals surface area contributed by atoms with Crippen LogP contribution in [0.3, 0.4) is 0 Å². The van der Waals surface area contributed by atoms with Gasteiger partial charge in [-0.3, -0.25) is 14.6 Å². The number of rotatable bonds is 5. The molecule has 1 aliphatic rings. The lowest BCUT2D eigenvalue weighted by Gasteiger charge is -2.26. The van der Waals surface area contributed by atoms with E-state index in [1.165, 1.54) is 6.92 Å². The predicted octanol–water partition coefficient (Wildman–Crippen LogP) is 3.42. The number of hydrogen-bond donors (Lipinski definition) is 1. The van der Waals surface area contributed by atoms with Crippen molar-refractivity contribution >= 4 is 11.8 Å². The van der Waals surface area contributed by atoms with E-state index in [0.29, 0.717) is 18.9 Å². The van der Waals surface area contributed by atoms with Crippen LogP contribution in [0.1, 0.15) is 62.4 Å². The third-order valence-corrected chi connectivity index (χ3v) is 5.15. The summed E-state index contributed by atoms with van der Waals surface area (Å²) in [7, 11) is 0. The number of likely N-dealkylation sites (tertiary alicyclic amines) is 1. The Balaban J connectivity index is 1.87. The first kappa shape index (κ1) is 19.1. The van der Waals surface area contributed by atoms with Gasteiger partial charge in [0.15, 0.2) is 0 Å². The summed E-state index contributed by atoms with van der Waals surface area (Å²) in [6.45, 7) is 6.42. The molecule has 1 saturated heterocycles. The maximum atomic E-state index is 13.0. The van der Waals surface area contributed by atoms with Gasteiger partial charge in [-0.25, -0.2) is 0 Å². The normalized spacial score (nSPS) is 17.8. The molecule has 142 valence electrons. The van der Waals surface area contributed by atoms with Gasteiger partial charge in [-0.05, 0) is 36.0 Å². The fraction of sp³-hybridized carbons (Fsp3) is 0.409. The molecule has 1 aromatic heterocycles. The first-order chi connectivity index (χ1) is 13.0. The zero-order valence-corrected chi connectivity index (χ0v) is 16.2. The maximum absolute atomic E-state index is 13.0. The fourth-order valence-corrected chi connectivity index (χ4v) is 3.56. The van der Waals surface area contributed by atoms with Crippen LogP contribution in [0.4, 0.5) is 0 Å². The van der Waals surface area contributed by atoms with Gasteiger partial charge in [-0.1, -0.05) is 50.2 Å². The summed E-state index contributed by atoms with van der Waals surface area (Å²) in [6, 6.07) is 13.1. The largest absolute Gasteiger partial charge is 0.342 e. The summed E-state index contributed by atoms with van der Waals surface area (Å²) in [5, 5.41) is 3.13. The van der Waals surface area contributed by atoms with Crippen molar-refractivity contribution < 1.29 is 9.59 Å². The Labute approximate surface area is 160 Å². The molecule has 5 nitrogen and oxygen atoms in total. The van der Waals surface area contributed by atoms with Crippen LogP contribution in [-0.2, 0) is 9.59 Å². The third-order valence-electron chi connectivity index (χ3n) is 5.15. The maximum Gasteiger partial charge on any atom is 0.243 e. The van der Waals surface area contributed by atoms with Gasteiger partial charge in [0.2, 0.25) is 11.8 Å². The molecule has 2 heterocycles. The Morgan fingerprint density at radius 1 is 1.11 bits per heavy atom. The standard InChI is InChI=1S/C22H27N3O2/c1-15(2)18-11-12-19(23-14-18)21(17-8-5-4-6-9-17)24-22(27)20-10-7-13-25(20)16(3)26/h4-6,8-9,11-12,14-15,20-21H,7,10,13H2,1-3H3,(H,24,27). The van der Waals surface area contributed by atoms with Gasteiger partial charge in [0, 0.05) is 19.7 Å². The molecule has 1 N–H and O–H groups in total. The average molecular weight is 365 g/mol. The number of aromatic nitrogens is 1. The molecule has 2 amide bonds. The van der Waals surface area contributed by atoms with E-state index in [4.69, 9.17) is 0 Å². The van der Waals surface area contributed by atoms with Gasteiger partial charge < -0.3 is 10.2 Å². The van der Waals surface area contributed by atoms with Gasteiger partial charge in [-0.15, -0.1) is 0 Å². The molecular weight excluding hydrogens is 338 g/mol. The van der Waals surface area contributed by atoms with Crippen molar-refractivity contribution in [2.24, 2.45) is 0 Å². The Morgan fingerprint density at radius 2 is 1.85 bits per heavy atom. The number of nitrogens with one attached hydrogen (secondary N) is 1. The van der Waals surface area contributed by atoms with Gasteiger partial charge in [0.05, 0.1) is 11.7 Å². The summed E-state index contributed by atoms with van der Waals surface area (Å²) < 4.78 is 0. The highest BCUT2D eigenvalue weighted by Gasteiger charge is 2.33. The minimum absolute atomic E-state index is 0.0525. The molecule has 2 aromatic rings. The Morgan fingerprint density at radius 3 is 2.44 bits per heavy atom. The highest BCUT2D eigenvalue weighted by atomic mass is 16.2. The van der Waals surface area contributed by atoms with E-state index < -0.39 is 6.04 Å². The number of amides is 2. The smallest absolute Gasteiger partial charge is 0.243 e. The van der Waals surface area contributed by atoms with E-state index in [9.17, 15) is 9.59 Å². The van der Waals surface area contributed by atoms with Crippen molar-refractivity contribution in [1.29, 1.82) is 0 Å². The molecule has 1 aliphatic heterocycles. The number of carbonyl (C=O) groups excluding carboxylic acids is 2. The lowest BCUT2D eigenvalue weighted by Crippen LogP contribution is -2.46. The summed E-state index contributed by atoms with van der Waals surface area (Å²) in [4.78, 5) is 31.1. The zero-order valence-electron chi connectivity index (χ0n) is 16.2. The van der Waals surface area contributed by atoms with Gasteiger partial charge in [-0.2, -0.15) is 0 Å². The van der Waals surface area contributed by atoms with Crippen LogP contribution in [0, 0.1) is 0 Å². The number of hydrogen-bond acceptors (Lipinski definition) is 3. The third kappa shape index (κ3) is 4.35. The minimum Gasteiger partial charge on any atom is -0.342 e. The van der Waals surface area contributed by atoms with Crippen molar-refractivity contribution in [3.05, 3.63) is 65.5 Å². The molecule has 0 saturated carbocycles.